The Balaban J connectivity index is 1.85. The average Bonchev–Trinajstić information content (AvgIpc) is 3.06. The van der Waals surface area contributed by atoms with Gasteiger partial charge < -0.3 is 4.74 Å². The summed E-state index contributed by atoms with van der Waals surface area (Å²) in [7, 11) is -0.129. The van der Waals surface area contributed by atoms with Crippen LogP contribution in [0.25, 0.3) is 0 Å². The number of hydrogen-bond acceptors (Lipinski definition) is 4. The maximum absolute atomic E-state index is 12.6. The molecule has 0 atom stereocenters. The van der Waals surface area contributed by atoms with E-state index in [1.165, 1.54) is 4.31 Å². The Hall–Kier alpha value is -1.86. The Morgan fingerprint density at radius 2 is 2.24 bits per heavy atom. The largest absolute Gasteiger partial charge is 0.493 e. The van der Waals surface area contributed by atoms with Crippen LogP contribution in [0.4, 0.5) is 0 Å². The van der Waals surface area contributed by atoms with Gasteiger partial charge >= 0.3 is 0 Å². The first-order valence-corrected chi connectivity index (χ1v) is 8.10. The van der Waals surface area contributed by atoms with Gasteiger partial charge in [0.1, 0.15) is 5.75 Å². The minimum absolute atomic E-state index is 0.295. The summed E-state index contributed by atoms with van der Waals surface area (Å²) in [4.78, 5) is 0.304. The molecule has 1 aromatic heterocycles. The molecule has 1 aliphatic heterocycles. The first-order chi connectivity index (χ1) is 9.96. The number of benzene rings is 1. The fraction of sp³-hybridized carbons (Fsp3) is 0.357. The summed E-state index contributed by atoms with van der Waals surface area (Å²) in [5.74, 6) is 0.781. The number of aromatic nitrogens is 2. The van der Waals surface area contributed by atoms with Crippen LogP contribution in [0.15, 0.2) is 35.5 Å². The zero-order valence-corrected chi connectivity index (χ0v) is 12.8. The van der Waals surface area contributed by atoms with Crippen molar-refractivity contribution in [1.82, 2.24) is 14.1 Å². The maximum Gasteiger partial charge on any atom is 0.243 e. The second-order valence-electron chi connectivity index (χ2n) is 5.15. The summed E-state index contributed by atoms with van der Waals surface area (Å²) in [6.45, 7) is 0.911. The maximum atomic E-state index is 12.6. The molecule has 0 N–H and O–H groups in total. The van der Waals surface area contributed by atoms with Gasteiger partial charge in [0.25, 0.3) is 0 Å². The lowest BCUT2D eigenvalue weighted by atomic mass is 10.2. The lowest BCUT2D eigenvalue weighted by molar-refractivity contribution is 0.356. The topological polar surface area (TPSA) is 64.4 Å². The zero-order valence-electron chi connectivity index (χ0n) is 12.0. The molecule has 0 aliphatic carbocycles. The van der Waals surface area contributed by atoms with Crippen LogP contribution in [0.2, 0.25) is 0 Å². The van der Waals surface area contributed by atoms with Crippen LogP contribution >= 0.6 is 0 Å². The molecule has 0 bridgehead atoms. The number of nitrogens with zero attached hydrogens (tertiary/aromatic N) is 3. The summed E-state index contributed by atoms with van der Waals surface area (Å²) >= 11 is 0. The molecule has 0 spiro atoms. The van der Waals surface area contributed by atoms with Crippen LogP contribution in [-0.4, -0.2) is 36.2 Å². The summed E-state index contributed by atoms with van der Waals surface area (Å²) < 4.78 is 33.6. The number of rotatable bonds is 4. The standard InChI is InChI=1S/C14H17N3O3S/c1-16-9-11(8-15-16)10-17(2)21(18,19)13-3-4-14-12(7-13)5-6-20-14/h3-4,7-9H,5-6,10H2,1-2H3. The molecule has 2 aromatic rings. The molecule has 3 rings (SSSR count). The first-order valence-electron chi connectivity index (χ1n) is 6.66. The highest BCUT2D eigenvalue weighted by molar-refractivity contribution is 7.89. The monoisotopic (exact) mass is 307 g/mol. The second-order valence-corrected chi connectivity index (χ2v) is 7.20. The lowest BCUT2D eigenvalue weighted by Crippen LogP contribution is -2.26. The van der Waals surface area contributed by atoms with Gasteiger partial charge in [-0.1, -0.05) is 0 Å². The number of fused-ring (bicyclic) bond motifs is 1. The second kappa shape index (κ2) is 5.16. The molecule has 0 saturated heterocycles. The van der Waals surface area contributed by atoms with Crippen molar-refractivity contribution in [2.75, 3.05) is 13.7 Å². The van der Waals surface area contributed by atoms with Gasteiger partial charge in [-0.25, -0.2) is 8.42 Å². The van der Waals surface area contributed by atoms with Crippen molar-refractivity contribution in [2.45, 2.75) is 17.9 Å². The van der Waals surface area contributed by atoms with Gasteiger partial charge in [-0.3, -0.25) is 4.68 Å². The molecule has 21 heavy (non-hydrogen) atoms. The van der Waals surface area contributed by atoms with Gasteiger partial charge in [-0.05, 0) is 23.8 Å². The third-order valence-corrected chi connectivity index (χ3v) is 5.33. The van der Waals surface area contributed by atoms with Crippen LogP contribution < -0.4 is 4.74 Å². The molecular formula is C14H17N3O3S. The first kappa shape index (κ1) is 14.1. The fourth-order valence-corrected chi connectivity index (χ4v) is 3.61. The lowest BCUT2D eigenvalue weighted by Gasteiger charge is -2.16. The number of ether oxygens (including phenoxy) is 1. The number of aryl methyl sites for hydroxylation is 1. The predicted molar refractivity (Wildman–Crippen MR) is 77.5 cm³/mol. The van der Waals surface area contributed by atoms with E-state index >= 15 is 0 Å². The van der Waals surface area contributed by atoms with E-state index in [1.54, 1.807) is 43.2 Å². The highest BCUT2D eigenvalue weighted by atomic mass is 32.2. The summed E-state index contributed by atoms with van der Waals surface area (Å²) in [6, 6.07) is 5.03. The van der Waals surface area contributed by atoms with Crippen molar-refractivity contribution in [3.8, 4) is 5.75 Å². The molecule has 1 aliphatic rings. The Kier molecular flexibility index (Phi) is 3.46. The van der Waals surface area contributed by atoms with Crippen LogP contribution in [0, 0.1) is 0 Å². The smallest absolute Gasteiger partial charge is 0.243 e. The van der Waals surface area contributed by atoms with Gasteiger partial charge in [0.2, 0.25) is 10.0 Å². The summed E-state index contributed by atoms with van der Waals surface area (Å²) in [5.41, 5.74) is 1.80. The van der Waals surface area contributed by atoms with Gasteiger partial charge in [0.15, 0.2) is 0 Å². The van der Waals surface area contributed by atoms with Crippen molar-refractivity contribution in [3.63, 3.8) is 0 Å². The molecule has 0 saturated carbocycles. The minimum atomic E-state index is -3.51. The normalized spacial score (nSPS) is 14.2. The molecule has 6 nitrogen and oxygen atoms in total. The van der Waals surface area contributed by atoms with Crippen molar-refractivity contribution in [3.05, 3.63) is 41.7 Å². The molecule has 112 valence electrons. The third-order valence-electron chi connectivity index (χ3n) is 3.53. The van der Waals surface area contributed by atoms with Crippen LogP contribution in [0.5, 0.6) is 5.75 Å². The molecule has 2 heterocycles. The van der Waals surface area contributed by atoms with E-state index in [9.17, 15) is 8.42 Å². The van der Waals surface area contributed by atoms with E-state index < -0.39 is 10.0 Å². The Morgan fingerprint density at radius 3 is 2.95 bits per heavy atom. The molecule has 0 fully saturated rings. The van der Waals surface area contributed by atoms with Gasteiger partial charge in [0.05, 0.1) is 17.7 Å². The summed E-state index contributed by atoms with van der Waals surface area (Å²) in [6.07, 6.45) is 4.23. The number of sulfonamides is 1. The van der Waals surface area contributed by atoms with Crippen molar-refractivity contribution < 1.29 is 13.2 Å². The SMILES string of the molecule is CN(Cc1cnn(C)c1)S(=O)(=O)c1ccc2c(c1)CCO2. The molecular weight excluding hydrogens is 290 g/mol. The predicted octanol–water partition coefficient (Wildman–Crippen LogP) is 1.18. The Labute approximate surface area is 124 Å². The van der Waals surface area contributed by atoms with Crippen molar-refractivity contribution in [2.24, 2.45) is 7.05 Å². The van der Waals surface area contributed by atoms with E-state index in [0.717, 1.165) is 23.3 Å². The van der Waals surface area contributed by atoms with Crippen LogP contribution in [0.1, 0.15) is 11.1 Å². The molecule has 1 aromatic carbocycles. The van der Waals surface area contributed by atoms with Crippen LogP contribution in [-0.2, 0) is 30.0 Å². The Morgan fingerprint density at radius 1 is 1.43 bits per heavy atom. The van der Waals surface area contributed by atoms with E-state index in [0.29, 0.717) is 18.0 Å². The highest BCUT2D eigenvalue weighted by Crippen LogP contribution is 2.28. The molecule has 0 radical (unpaired) electrons. The highest BCUT2D eigenvalue weighted by Gasteiger charge is 2.23. The van der Waals surface area contributed by atoms with Crippen molar-refractivity contribution >= 4 is 10.0 Å². The van der Waals surface area contributed by atoms with Gasteiger partial charge in [-0.2, -0.15) is 9.40 Å². The quantitative estimate of drug-likeness (QED) is 0.851. The van der Waals surface area contributed by atoms with E-state index in [2.05, 4.69) is 5.10 Å². The zero-order chi connectivity index (χ0) is 15.0. The van der Waals surface area contributed by atoms with E-state index in [-0.39, 0.29) is 0 Å². The van der Waals surface area contributed by atoms with Gasteiger partial charge in [-0.15, -0.1) is 0 Å². The molecule has 7 heteroatoms. The third kappa shape index (κ3) is 2.66. The van der Waals surface area contributed by atoms with Crippen LogP contribution in [0.3, 0.4) is 0 Å². The fourth-order valence-electron chi connectivity index (χ4n) is 2.40. The molecule has 0 amide bonds. The van der Waals surface area contributed by atoms with E-state index in [4.69, 9.17) is 4.74 Å². The van der Waals surface area contributed by atoms with Crippen molar-refractivity contribution in [1.29, 1.82) is 0 Å². The summed E-state index contributed by atoms with van der Waals surface area (Å²) in [5, 5.41) is 4.05. The number of hydrogen-bond donors (Lipinski definition) is 0. The average molecular weight is 307 g/mol. The Bertz CT molecular complexity index is 768. The molecule has 0 unspecified atom stereocenters. The van der Waals surface area contributed by atoms with E-state index in [1.807, 2.05) is 6.20 Å². The van der Waals surface area contributed by atoms with Gasteiger partial charge in [0, 0.05) is 38.8 Å². The minimum Gasteiger partial charge on any atom is -0.493 e.